The summed E-state index contributed by atoms with van der Waals surface area (Å²) in [7, 11) is 0. The first-order chi connectivity index (χ1) is 14.9. The van der Waals surface area contributed by atoms with Crippen LogP contribution in [0.1, 0.15) is 129 Å². The smallest absolute Gasteiger partial charge is 0.111 e. The molecule has 0 aromatic carbocycles. The first-order valence-corrected chi connectivity index (χ1v) is 13.2. The zero-order valence-corrected chi connectivity index (χ0v) is 20.8. The minimum absolute atomic E-state index is 0.0141. The van der Waals surface area contributed by atoms with E-state index >= 15 is 0 Å². The number of rotatable bonds is 24. The van der Waals surface area contributed by atoms with Gasteiger partial charge in [-0.3, -0.25) is 0 Å². The van der Waals surface area contributed by atoms with E-state index in [0.717, 1.165) is 38.5 Å². The van der Waals surface area contributed by atoms with Crippen LogP contribution in [-0.2, 0) is 4.74 Å². The monoisotopic (exact) mass is 446 g/mol. The van der Waals surface area contributed by atoms with E-state index in [9.17, 15) is 20.4 Å². The number of aliphatic hydroxyl groups excluding tert-OH is 2. The zero-order valence-electron chi connectivity index (χ0n) is 20.8. The van der Waals surface area contributed by atoms with Gasteiger partial charge in [0.15, 0.2) is 0 Å². The molecule has 0 radical (unpaired) electrons. The molecule has 0 spiro atoms. The van der Waals surface area contributed by atoms with Crippen LogP contribution >= 0.6 is 0 Å². The SMILES string of the molecule is CCCCCCCCCCC(O)(CO)COCC(O)(CO)CCCCCCCCCC. The lowest BCUT2D eigenvalue weighted by molar-refractivity contribution is -0.129. The second-order valence-corrected chi connectivity index (χ2v) is 9.71. The van der Waals surface area contributed by atoms with Gasteiger partial charge in [0, 0.05) is 0 Å². The number of hydrogen-bond donors (Lipinski definition) is 4. The topological polar surface area (TPSA) is 90.2 Å². The molecule has 31 heavy (non-hydrogen) atoms. The summed E-state index contributed by atoms with van der Waals surface area (Å²) >= 11 is 0. The van der Waals surface area contributed by atoms with Crippen LogP contribution in [0.5, 0.6) is 0 Å². The summed E-state index contributed by atoms with van der Waals surface area (Å²) < 4.78 is 5.57. The highest BCUT2D eigenvalue weighted by atomic mass is 16.5. The average Bonchev–Trinajstić information content (AvgIpc) is 2.77. The quantitative estimate of drug-likeness (QED) is 0.147. The molecule has 0 aliphatic carbocycles. The molecule has 5 heteroatoms. The van der Waals surface area contributed by atoms with Gasteiger partial charge in [0.1, 0.15) is 11.2 Å². The standard InChI is InChI=1S/C26H54O5/c1-3-5-7-9-11-13-15-17-19-25(29,21-27)23-31-24-26(30,22-28)20-18-16-14-12-10-8-6-4-2/h27-30H,3-24H2,1-2H3. The van der Waals surface area contributed by atoms with E-state index in [1.165, 1.54) is 64.2 Å². The molecule has 0 heterocycles. The predicted octanol–water partition coefficient (Wildman–Crippen LogP) is 5.51. The molecule has 0 saturated heterocycles. The second kappa shape index (κ2) is 20.4. The Hall–Kier alpha value is -0.200. The largest absolute Gasteiger partial charge is 0.393 e. The highest BCUT2D eigenvalue weighted by Crippen LogP contribution is 2.20. The predicted molar refractivity (Wildman–Crippen MR) is 129 cm³/mol. The van der Waals surface area contributed by atoms with Gasteiger partial charge in [-0.25, -0.2) is 0 Å². The van der Waals surface area contributed by atoms with E-state index in [2.05, 4.69) is 13.8 Å². The minimum atomic E-state index is -1.27. The van der Waals surface area contributed by atoms with Crippen molar-refractivity contribution < 1.29 is 25.2 Å². The summed E-state index contributed by atoms with van der Waals surface area (Å²) in [4.78, 5) is 0. The normalized spacial score (nSPS) is 15.7. The van der Waals surface area contributed by atoms with Crippen LogP contribution in [0.4, 0.5) is 0 Å². The summed E-state index contributed by atoms with van der Waals surface area (Å²) in [6.45, 7) is 3.71. The summed E-state index contributed by atoms with van der Waals surface area (Å²) in [6, 6.07) is 0. The molecule has 0 aliphatic heterocycles. The Kier molecular flexibility index (Phi) is 20.3. The lowest BCUT2D eigenvalue weighted by atomic mass is 9.95. The van der Waals surface area contributed by atoms with Crippen LogP contribution in [-0.4, -0.2) is 58.1 Å². The fourth-order valence-corrected chi connectivity index (χ4v) is 4.00. The van der Waals surface area contributed by atoms with Gasteiger partial charge >= 0.3 is 0 Å². The number of aliphatic hydroxyl groups is 4. The Labute approximate surface area is 192 Å². The molecule has 0 bridgehead atoms. The van der Waals surface area contributed by atoms with Crippen LogP contribution in [0.2, 0.25) is 0 Å². The van der Waals surface area contributed by atoms with E-state index in [-0.39, 0.29) is 26.4 Å². The molecule has 0 fully saturated rings. The van der Waals surface area contributed by atoms with Crippen LogP contribution in [0, 0.1) is 0 Å². The van der Waals surface area contributed by atoms with Crippen molar-refractivity contribution >= 4 is 0 Å². The summed E-state index contributed by atoms with van der Waals surface area (Å²) in [5.41, 5.74) is -2.53. The van der Waals surface area contributed by atoms with Crippen molar-refractivity contribution in [1.82, 2.24) is 0 Å². The van der Waals surface area contributed by atoms with Crippen molar-refractivity contribution in [2.75, 3.05) is 26.4 Å². The van der Waals surface area contributed by atoms with Crippen molar-refractivity contribution in [1.29, 1.82) is 0 Å². The number of ether oxygens (including phenoxy) is 1. The van der Waals surface area contributed by atoms with Crippen LogP contribution in [0.15, 0.2) is 0 Å². The Balaban J connectivity index is 3.96. The maximum absolute atomic E-state index is 10.6. The summed E-state index contributed by atoms with van der Waals surface area (Å²) in [6.07, 6.45) is 19.9. The molecule has 0 rings (SSSR count). The third kappa shape index (κ3) is 18.0. The molecule has 188 valence electrons. The minimum Gasteiger partial charge on any atom is -0.393 e. The number of hydrogen-bond acceptors (Lipinski definition) is 5. The van der Waals surface area contributed by atoms with Gasteiger partial charge in [-0.15, -0.1) is 0 Å². The van der Waals surface area contributed by atoms with Gasteiger partial charge in [-0.2, -0.15) is 0 Å². The van der Waals surface area contributed by atoms with Crippen LogP contribution in [0.25, 0.3) is 0 Å². The summed E-state index contributed by atoms with van der Waals surface area (Å²) in [5, 5.41) is 40.4. The Morgan fingerprint density at radius 2 is 0.774 bits per heavy atom. The zero-order chi connectivity index (χ0) is 23.3. The molecular weight excluding hydrogens is 392 g/mol. The molecule has 0 saturated carbocycles. The van der Waals surface area contributed by atoms with Crippen molar-refractivity contribution in [3.05, 3.63) is 0 Å². The Morgan fingerprint density at radius 3 is 1.06 bits per heavy atom. The molecular formula is C26H54O5. The van der Waals surface area contributed by atoms with Gasteiger partial charge in [-0.1, -0.05) is 117 Å². The van der Waals surface area contributed by atoms with Gasteiger partial charge in [0.2, 0.25) is 0 Å². The van der Waals surface area contributed by atoms with E-state index in [1.54, 1.807) is 0 Å². The van der Waals surface area contributed by atoms with Gasteiger partial charge in [-0.05, 0) is 12.8 Å². The van der Waals surface area contributed by atoms with Crippen molar-refractivity contribution in [2.45, 2.75) is 141 Å². The van der Waals surface area contributed by atoms with E-state index in [4.69, 9.17) is 4.74 Å². The van der Waals surface area contributed by atoms with Gasteiger partial charge in [0.05, 0.1) is 26.4 Å². The van der Waals surface area contributed by atoms with Crippen molar-refractivity contribution in [2.24, 2.45) is 0 Å². The molecule has 0 aromatic heterocycles. The van der Waals surface area contributed by atoms with Gasteiger partial charge in [0.25, 0.3) is 0 Å². The maximum Gasteiger partial charge on any atom is 0.111 e. The lowest BCUT2D eigenvalue weighted by Gasteiger charge is -2.30. The average molecular weight is 447 g/mol. The highest BCUT2D eigenvalue weighted by molar-refractivity contribution is 4.81. The second-order valence-electron chi connectivity index (χ2n) is 9.71. The van der Waals surface area contributed by atoms with Crippen LogP contribution in [0.3, 0.4) is 0 Å². The van der Waals surface area contributed by atoms with Crippen molar-refractivity contribution in [3.8, 4) is 0 Å². The fraction of sp³-hybridized carbons (Fsp3) is 1.00. The van der Waals surface area contributed by atoms with Gasteiger partial charge < -0.3 is 25.2 Å². The van der Waals surface area contributed by atoms with E-state index in [1.807, 2.05) is 0 Å². The highest BCUT2D eigenvalue weighted by Gasteiger charge is 2.30. The molecule has 2 unspecified atom stereocenters. The fourth-order valence-electron chi connectivity index (χ4n) is 4.00. The van der Waals surface area contributed by atoms with Crippen LogP contribution < -0.4 is 0 Å². The van der Waals surface area contributed by atoms with E-state index in [0.29, 0.717) is 12.8 Å². The molecule has 0 amide bonds. The first kappa shape index (κ1) is 30.8. The molecule has 5 nitrogen and oxygen atoms in total. The summed E-state index contributed by atoms with van der Waals surface area (Å²) in [5.74, 6) is 0. The third-order valence-corrected chi connectivity index (χ3v) is 6.32. The Morgan fingerprint density at radius 1 is 0.484 bits per heavy atom. The van der Waals surface area contributed by atoms with E-state index < -0.39 is 11.2 Å². The molecule has 2 atom stereocenters. The molecule has 0 aromatic rings. The Bertz CT molecular complexity index is 345. The third-order valence-electron chi connectivity index (χ3n) is 6.32. The molecule has 0 aliphatic rings. The first-order valence-electron chi connectivity index (χ1n) is 13.2. The van der Waals surface area contributed by atoms with Crippen molar-refractivity contribution in [3.63, 3.8) is 0 Å². The molecule has 4 N–H and O–H groups in total. The number of unbranched alkanes of at least 4 members (excludes halogenated alkanes) is 14. The lowest BCUT2D eigenvalue weighted by Crippen LogP contribution is -2.43. The maximum atomic E-state index is 10.6.